The molecule has 1 aromatic rings. The molecular weight excluding hydrogens is 260 g/mol. The van der Waals surface area contributed by atoms with E-state index in [9.17, 15) is 0 Å². The topological polar surface area (TPSA) is 38.5 Å². The Morgan fingerprint density at radius 2 is 1.62 bits per heavy atom. The molecule has 1 fully saturated rings. The second-order valence-electron chi connectivity index (χ2n) is 7.69. The molecule has 0 bridgehead atoms. The molecule has 3 heteroatoms. The van der Waals surface area contributed by atoms with Crippen LogP contribution in [0, 0.1) is 13.8 Å². The molecule has 1 aliphatic rings. The van der Waals surface area contributed by atoms with E-state index in [1.165, 1.54) is 16.8 Å². The molecule has 2 rings (SSSR count). The van der Waals surface area contributed by atoms with Gasteiger partial charge in [0.15, 0.2) is 0 Å². The second kappa shape index (κ2) is 4.99. The van der Waals surface area contributed by atoms with E-state index in [4.69, 9.17) is 10.5 Å². The zero-order chi connectivity index (χ0) is 16.1. The number of aryl methyl sites for hydroxylation is 2. The SMILES string of the molecule is Cc1cc(C)cc(N(C)C2(CN)CC(C)(C)OC2(C)C)c1. The fraction of sp³-hybridized carbons (Fsp3) is 0.667. The van der Waals surface area contributed by atoms with Crippen LogP contribution in [0.15, 0.2) is 18.2 Å². The summed E-state index contributed by atoms with van der Waals surface area (Å²) >= 11 is 0. The standard InChI is InChI=1S/C18H30N2O/c1-13-8-14(2)10-15(9-13)20(7)18(12-19)11-16(3,4)21-17(18,5)6/h8-10H,11-12,19H2,1-7H3. The molecule has 118 valence electrons. The first-order valence-electron chi connectivity index (χ1n) is 7.75. The average Bonchev–Trinajstić information content (AvgIpc) is 2.52. The molecular formula is C18H30N2O. The number of hydrogen-bond acceptors (Lipinski definition) is 3. The molecule has 1 aromatic carbocycles. The summed E-state index contributed by atoms with van der Waals surface area (Å²) in [5, 5.41) is 0. The number of nitrogens with two attached hydrogens (primary N) is 1. The van der Waals surface area contributed by atoms with Crippen molar-refractivity contribution in [3.8, 4) is 0 Å². The highest BCUT2D eigenvalue weighted by Gasteiger charge is 2.58. The molecule has 0 radical (unpaired) electrons. The summed E-state index contributed by atoms with van der Waals surface area (Å²) in [6.45, 7) is 13.5. The predicted octanol–water partition coefficient (Wildman–Crippen LogP) is 3.41. The molecule has 1 saturated heterocycles. The second-order valence-corrected chi connectivity index (χ2v) is 7.69. The summed E-state index contributed by atoms with van der Waals surface area (Å²) in [5.74, 6) is 0. The van der Waals surface area contributed by atoms with Crippen LogP contribution in [0.25, 0.3) is 0 Å². The van der Waals surface area contributed by atoms with Crippen LogP contribution in [-0.2, 0) is 4.74 Å². The Bertz CT molecular complexity index is 516. The fourth-order valence-electron chi connectivity index (χ4n) is 4.11. The molecule has 0 saturated carbocycles. The Morgan fingerprint density at radius 3 is 2.00 bits per heavy atom. The largest absolute Gasteiger partial charge is 0.367 e. The van der Waals surface area contributed by atoms with Crippen LogP contribution in [0.2, 0.25) is 0 Å². The van der Waals surface area contributed by atoms with Crippen molar-refractivity contribution in [2.45, 2.75) is 64.7 Å². The van der Waals surface area contributed by atoms with Crippen LogP contribution in [0.1, 0.15) is 45.2 Å². The van der Waals surface area contributed by atoms with E-state index in [2.05, 4.69) is 71.7 Å². The highest BCUT2D eigenvalue weighted by molar-refractivity contribution is 5.54. The molecule has 0 aromatic heterocycles. The van der Waals surface area contributed by atoms with Gasteiger partial charge in [-0.25, -0.2) is 0 Å². The molecule has 2 N–H and O–H groups in total. The zero-order valence-corrected chi connectivity index (χ0v) is 14.6. The van der Waals surface area contributed by atoms with Crippen molar-refractivity contribution in [2.75, 3.05) is 18.5 Å². The molecule has 1 atom stereocenters. The van der Waals surface area contributed by atoms with E-state index in [-0.39, 0.29) is 16.7 Å². The van der Waals surface area contributed by atoms with Crippen molar-refractivity contribution in [2.24, 2.45) is 5.73 Å². The molecule has 21 heavy (non-hydrogen) atoms. The van der Waals surface area contributed by atoms with Crippen molar-refractivity contribution in [1.82, 2.24) is 0 Å². The Hall–Kier alpha value is -1.06. The van der Waals surface area contributed by atoms with Gasteiger partial charge < -0.3 is 15.4 Å². The van der Waals surface area contributed by atoms with E-state index < -0.39 is 0 Å². The first-order chi connectivity index (χ1) is 9.53. The maximum Gasteiger partial charge on any atom is 0.0877 e. The third-order valence-electron chi connectivity index (χ3n) is 4.94. The van der Waals surface area contributed by atoms with Crippen molar-refractivity contribution in [1.29, 1.82) is 0 Å². The van der Waals surface area contributed by atoms with Gasteiger partial charge in [0.25, 0.3) is 0 Å². The average molecular weight is 290 g/mol. The molecule has 1 heterocycles. The Morgan fingerprint density at radius 1 is 1.10 bits per heavy atom. The van der Waals surface area contributed by atoms with Crippen LogP contribution < -0.4 is 10.6 Å². The van der Waals surface area contributed by atoms with E-state index in [0.717, 1.165) is 6.42 Å². The van der Waals surface area contributed by atoms with Crippen LogP contribution >= 0.6 is 0 Å². The monoisotopic (exact) mass is 290 g/mol. The van der Waals surface area contributed by atoms with Gasteiger partial charge in [-0.15, -0.1) is 0 Å². The van der Waals surface area contributed by atoms with Crippen LogP contribution in [0.4, 0.5) is 5.69 Å². The maximum atomic E-state index is 6.32. The minimum absolute atomic E-state index is 0.157. The number of hydrogen-bond donors (Lipinski definition) is 1. The van der Waals surface area contributed by atoms with E-state index in [0.29, 0.717) is 6.54 Å². The van der Waals surface area contributed by atoms with Crippen molar-refractivity contribution in [3.63, 3.8) is 0 Å². The smallest absolute Gasteiger partial charge is 0.0877 e. The van der Waals surface area contributed by atoms with Crippen molar-refractivity contribution < 1.29 is 4.74 Å². The van der Waals surface area contributed by atoms with Crippen molar-refractivity contribution >= 4 is 5.69 Å². The van der Waals surface area contributed by atoms with E-state index >= 15 is 0 Å². The lowest BCUT2D eigenvalue weighted by Gasteiger charge is -2.47. The Labute approximate surface area is 129 Å². The van der Waals surface area contributed by atoms with Crippen LogP contribution in [0.5, 0.6) is 0 Å². The number of benzene rings is 1. The van der Waals surface area contributed by atoms with Gasteiger partial charge >= 0.3 is 0 Å². The van der Waals surface area contributed by atoms with Gasteiger partial charge in [-0.2, -0.15) is 0 Å². The fourth-order valence-corrected chi connectivity index (χ4v) is 4.11. The van der Waals surface area contributed by atoms with Gasteiger partial charge in [0.1, 0.15) is 0 Å². The minimum Gasteiger partial charge on any atom is -0.367 e. The summed E-state index contributed by atoms with van der Waals surface area (Å²) < 4.78 is 6.32. The highest BCUT2D eigenvalue weighted by atomic mass is 16.5. The normalized spacial score (nSPS) is 26.9. The zero-order valence-electron chi connectivity index (χ0n) is 14.6. The molecule has 0 amide bonds. The van der Waals surface area contributed by atoms with Crippen LogP contribution in [-0.4, -0.2) is 30.3 Å². The summed E-state index contributed by atoms with van der Waals surface area (Å²) in [6, 6.07) is 6.66. The summed E-state index contributed by atoms with van der Waals surface area (Å²) in [7, 11) is 2.15. The first-order valence-corrected chi connectivity index (χ1v) is 7.75. The van der Waals surface area contributed by atoms with Gasteiger partial charge in [0, 0.05) is 25.7 Å². The maximum absolute atomic E-state index is 6.32. The number of nitrogens with zero attached hydrogens (tertiary/aromatic N) is 1. The number of rotatable bonds is 3. The number of ether oxygens (including phenoxy) is 1. The van der Waals surface area contributed by atoms with Gasteiger partial charge in [-0.1, -0.05) is 6.07 Å². The molecule has 3 nitrogen and oxygen atoms in total. The molecule has 0 spiro atoms. The predicted molar refractivity (Wildman–Crippen MR) is 90.0 cm³/mol. The molecule has 1 aliphatic heterocycles. The Balaban J connectivity index is 2.50. The van der Waals surface area contributed by atoms with Gasteiger partial charge in [-0.3, -0.25) is 0 Å². The third-order valence-corrected chi connectivity index (χ3v) is 4.94. The summed E-state index contributed by atoms with van der Waals surface area (Å²) in [4.78, 5) is 2.34. The Kier molecular flexibility index (Phi) is 3.88. The third kappa shape index (κ3) is 2.69. The van der Waals surface area contributed by atoms with Gasteiger partial charge in [0.2, 0.25) is 0 Å². The number of likely N-dealkylation sites (N-methyl/N-ethyl adjacent to an activating group) is 1. The van der Waals surface area contributed by atoms with Crippen LogP contribution in [0.3, 0.4) is 0 Å². The lowest BCUT2D eigenvalue weighted by Crippen LogP contribution is -2.62. The lowest BCUT2D eigenvalue weighted by molar-refractivity contribution is -0.0779. The minimum atomic E-state index is -0.294. The van der Waals surface area contributed by atoms with E-state index in [1.54, 1.807) is 0 Å². The molecule has 1 unspecified atom stereocenters. The highest BCUT2D eigenvalue weighted by Crippen LogP contribution is 2.48. The van der Waals surface area contributed by atoms with Gasteiger partial charge in [0.05, 0.1) is 16.7 Å². The summed E-state index contributed by atoms with van der Waals surface area (Å²) in [6.07, 6.45) is 0.924. The van der Waals surface area contributed by atoms with E-state index in [1.807, 2.05) is 0 Å². The lowest BCUT2D eigenvalue weighted by atomic mass is 9.77. The van der Waals surface area contributed by atoms with Crippen molar-refractivity contribution in [3.05, 3.63) is 29.3 Å². The molecule has 0 aliphatic carbocycles. The van der Waals surface area contributed by atoms with Gasteiger partial charge in [-0.05, 0) is 64.8 Å². The number of anilines is 1. The summed E-state index contributed by atoms with van der Waals surface area (Å²) in [5.41, 5.74) is 9.38. The quantitative estimate of drug-likeness (QED) is 0.927. The first kappa shape index (κ1) is 16.3.